The van der Waals surface area contributed by atoms with Crippen molar-refractivity contribution < 1.29 is 4.79 Å². The number of ketones is 1. The number of Topliss-reactive ketones (excluding diaryl/α,β-unsaturated/α-hetero) is 1. The van der Waals surface area contributed by atoms with Crippen LogP contribution in [0.25, 0.3) is 11.3 Å². The average molecular weight is 254 g/mol. The number of imidazole rings is 1. The molecule has 0 saturated heterocycles. The van der Waals surface area contributed by atoms with E-state index in [0.29, 0.717) is 24.5 Å². The minimum absolute atomic E-state index is 0.390. The van der Waals surface area contributed by atoms with Crippen LogP contribution in [0.1, 0.15) is 43.0 Å². The van der Waals surface area contributed by atoms with E-state index in [-0.39, 0.29) is 0 Å². The van der Waals surface area contributed by atoms with Crippen LogP contribution < -0.4 is 0 Å². The Kier molecular flexibility index (Phi) is 3.20. The third-order valence-electron chi connectivity index (χ3n) is 3.85. The highest BCUT2D eigenvalue weighted by molar-refractivity contribution is 5.79. The Labute approximate surface area is 113 Å². The first-order valence-electron chi connectivity index (χ1n) is 6.86. The van der Waals surface area contributed by atoms with Gasteiger partial charge in [-0.15, -0.1) is 0 Å². The number of nitrogens with one attached hydrogen (secondary N) is 1. The largest absolute Gasteiger partial charge is 0.342 e. The van der Waals surface area contributed by atoms with E-state index in [1.807, 2.05) is 6.20 Å². The third-order valence-corrected chi connectivity index (χ3v) is 3.85. The van der Waals surface area contributed by atoms with Gasteiger partial charge in [0.1, 0.15) is 11.6 Å². The number of aromatic amines is 1. The maximum absolute atomic E-state index is 11.3. The van der Waals surface area contributed by atoms with Crippen molar-refractivity contribution in [2.24, 2.45) is 0 Å². The molecule has 1 aromatic heterocycles. The van der Waals surface area contributed by atoms with Gasteiger partial charge in [-0.1, -0.05) is 23.8 Å². The number of H-pyrrole nitrogens is 1. The van der Waals surface area contributed by atoms with Crippen LogP contribution in [0.15, 0.2) is 30.5 Å². The van der Waals surface area contributed by atoms with Crippen LogP contribution in [0, 0.1) is 6.92 Å². The van der Waals surface area contributed by atoms with E-state index in [9.17, 15) is 4.79 Å². The zero-order valence-electron chi connectivity index (χ0n) is 11.1. The molecule has 0 unspecified atom stereocenters. The van der Waals surface area contributed by atoms with E-state index < -0.39 is 0 Å². The second kappa shape index (κ2) is 5.00. The number of hydrogen-bond acceptors (Lipinski definition) is 2. The number of nitrogens with zero attached hydrogens (tertiary/aromatic N) is 1. The molecule has 98 valence electrons. The van der Waals surface area contributed by atoms with Gasteiger partial charge in [0, 0.05) is 18.8 Å². The van der Waals surface area contributed by atoms with Gasteiger partial charge in [-0.25, -0.2) is 4.98 Å². The minimum Gasteiger partial charge on any atom is -0.342 e. The van der Waals surface area contributed by atoms with E-state index in [1.165, 1.54) is 11.1 Å². The molecule has 0 aliphatic heterocycles. The van der Waals surface area contributed by atoms with E-state index in [2.05, 4.69) is 41.2 Å². The summed E-state index contributed by atoms with van der Waals surface area (Å²) in [6.07, 6.45) is 5.16. The number of carbonyl (C=O) groups excluding carboxylic acids is 1. The van der Waals surface area contributed by atoms with Crippen LogP contribution in [-0.4, -0.2) is 15.8 Å². The summed E-state index contributed by atoms with van der Waals surface area (Å²) in [5.74, 6) is 1.84. The first-order chi connectivity index (χ1) is 9.22. The summed E-state index contributed by atoms with van der Waals surface area (Å²) < 4.78 is 0. The molecule has 1 fully saturated rings. The molecule has 0 radical (unpaired) electrons. The fraction of sp³-hybridized carbons (Fsp3) is 0.375. The van der Waals surface area contributed by atoms with Crippen molar-refractivity contribution in [2.45, 2.75) is 38.5 Å². The molecule has 1 aromatic carbocycles. The van der Waals surface area contributed by atoms with Crippen molar-refractivity contribution in [2.75, 3.05) is 0 Å². The zero-order chi connectivity index (χ0) is 13.2. The van der Waals surface area contributed by atoms with Crippen LogP contribution in [0.3, 0.4) is 0 Å². The summed E-state index contributed by atoms with van der Waals surface area (Å²) in [5.41, 5.74) is 3.48. The van der Waals surface area contributed by atoms with Crippen molar-refractivity contribution in [3.8, 4) is 11.3 Å². The van der Waals surface area contributed by atoms with Crippen molar-refractivity contribution in [3.05, 3.63) is 41.9 Å². The van der Waals surface area contributed by atoms with Crippen molar-refractivity contribution in [3.63, 3.8) is 0 Å². The quantitative estimate of drug-likeness (QED) is 0.889. The highest BCUT2D eigenvalue weighted by Gasteiger charge is 2.22. The zero-order valence-corrected chi connectivity index (χ0v) is 11.1. The molecular formula is C16H18N2O. The molecule has 0 bridgehead atoms. The number of aryl methyl sites for hydroxylation is 1. The van der Waals surface area contributed by atoms with Crippen LogP contribution in [-0.2, 0) is 4.79 Å². The Morgan fingerprint density at radius 1 is 1.26 bits per heavy atom. The molecule has 0 amide bonds. The second-order valence-electron chi connectivity index (χ2n) is 5.36. The molecule has 3 nitrogen and oxygen atoms in total. The second-order valence-corrected chi connectivity index (χ2v) is 5.36. The fourth-order valence-electron chi connectivity index (χ4n) is 2.72. The Morgan fingerprint density at radius 2 is 2.05 bits per heavy atom. The molecule has 2 aromatic rings. The Morgan fingerprint density at radius 3 is 2.79 bits per heavy atom. The van der Waals surface area contributed by atoms with Crippen molar-refractivity contribution >= 4 is 5.78 Å². The maximum Gasteiger partial charge on any atom is 0.132 e. The fourth-order valence-corrected chi connectivity index (χ4v) is 2.72. The van der Waals surface area contributed by atoms with Gasteiger partial charge < -0.3 is 4.98 Å². The first kappa shape index (κ1) is 12.2. The Hall–Kier alpha value is -1.90. The summed E-state index contributed by atoms with van der Waals surface area (Å²) >= 11 is 0. The molecule has 19 heavy (non-hydrogen) atoms. The van der Waals surface area contributed by atoms with Gasteiger partial charge in [0.05, 0.1) is 11.9 Å². The van der Waals surface area contributed by atoms with Crippen molar-refractivity contribution in [1.82, 2.24) is 9.97 Å². The third kappa shape index (κ3) is 2.60. The Balaban J connectivity index is 1.81. The van der Waals surface area contributed by atoms with Gasteiger partial charge in [-0.05, 0) is 31.4 Å². The predicted octanol–water partition coefficient (Wildman–Crippen LogP) is 3.61. The molecule has 0 atom stereocenters. The summed E-state index contributed by atoms with van der Waals surface area (Å²) in [5, 5.41) is 0. The molecule has 1 heterocycles. The molecule has 3 heteroatoms. The molecule has 3 rings (SSSR count). The molecule has 0 spiro atoms. The highest BCUT2D eigenvalue weighted by atomic mass is 16.1. The smallest absolute Gasteiger partial charge is 0.132 e. The summed E-state index contributed by atoms with van der Waals surface area (Å²) in [7, 11) is 0. The van der Waals surface area contributed by atoms with Crippen molar-refractivity contribution in [1.29, 1.82) is 0 Å². The number of rotatable bonds is 2. The van der Waals surface area contributed by atoms with E-state index in [4.69, 9.17) is 0 Å². The number of carbonyl (C=O) groups is 1. The standard InChI is InChI=1S/C16H18N2O/c1-11-3-2-4-13(9-11)15-10-17-16(18-15)12-5-7-14(19)8-6-12/h2-4,9-10,12H,5-8H2,1H3,(H,17,18). The lowest BCUT2D eigenvalue weighted by atomic mass is 9.88. The predicted molar refractivity (Wildman–Crippen MR) is 75.0 cm³/mol. The molecular weight excluding hydrogens is 236 g/mol. The van der Waals surface area contributed by atoms with Gasteiger partial charge >= 0.3 is 0 Å². The number of benzene rings is 1. The number of aromatic nitrogens is 2. The molecule has 1 aliphatic carbocycles. The lowest BCUT2D eigenvalue weighted by molar-refractivity contribution is -0.120. The topological polar surface area (TPSA) is 45.8 Å². The van der Waals surface area contributed by atoms with Gasteiger partial charge in [-0.2, -0.15) is 0 Å². The van der Waals surface area contributed by atoms with Gasteiger partial charge in [0.25, 0.3) is 0 Å². The normalized spacial score (nSPS) is 16.8. The van der Waals surface area contributed by atoms with Crippen LogP contribution in [0.4, 0.5) is 0 Å². The van der Waals surface area contributed by atoms with Gasteiger partial charge in [0.2, 0.25) is 0 Å². The van der Waals surface area contributed by atoms with E-state index in [1.54, 1.807) is 0 Å². The number of hydrogen-bond donors (Lipinski definition) is 1. The van der Waals surface area contributed by atoms with Crippen LogP contribution in [0.5, 0.6) is 0 Å². The monoisotopic (exact) mass is 254 g/mol. The Bertz CT molecular complexity index is 590. The summed E-state index contributed by atoms with van der Waals surface area (Å²) in [6, 6.07) is 8.40. The lowest BCUT2D eigenvalue weighted by Crippen LogP contribution is -2.13. The maximum atomic E-state index is 11.3. The summed E-state index contributed by atoms with van der Waals surface area (Å²) in [6.45, 7) is 2.09. The molecule has 1 aliphatic rings. The SMILES string of the molecule is Cc1cccc(-c2cnc(C3CCC(=O)CC3)[nH]2)c1. The minimum atomic E-state index is 0.390. The first-order valence-corrected chi connectivity index (χ1v) is 6.86. The van der Waals surface area contributed by atoms with Gasteiger partial charge in [-0.3, -0.25) is 4.79 Å². The highest BCUT2D eigenvalue weighted by Crippen LogP contribution is 2.30. The summed E-state index contributed by atoms with van der Waals surface area (Å²) in [4.78, 5) is 19.2. The van der Waals surface area contributed by atoms with Crippen LogP contribution in [0.2, 0.25) is 0 Å². The lowest BCUT2D eigenvalue weighted by Gasteiger charge is -2.18. The van der Waals surface area contributed by atoms with Gasteiger partial charge in [0.15, 0.2) is 0 Å². The molecule has 1 N–H and O–H groups in total. The van der Waals surface area contributed by atoms with Crippen LogP contribution >= 0.6 is 0 Å². The average Bonchev–Trinajstić information content (AvgIpc) is 2.89. The molecule has 1 saturated carbocycles. The van der Waals surface area contributed by atoms with E-state index in [0.717, 1.165) is 24.4 Å². The van der Waals surface area contributed by atoms with E-state index >= 15 is 0 Å².